The molecule has 2 rings (SSSR count). The first-order chi connectivity index (χ1) is 10.8. The molecule has 1 aliphatic heterocycles. The molecular weight excluding hydrogens is 304 g/mol. The minimum Gasteiger partial charge on any atom is -0.394 e. The average Bonchev–Trinajstić information content (AvgIpc) is 2.51. The van der Waals surface area contributed by atoms with E-state index < -0.39 is 37.3 Å². The summed E-state index contributed by atoms with van der Waals surface area (Å²) in [5.41, 5.74) is 2.46. The molecule has 0 unspecified atom stereocenters. The molecule has 1 saturated heterocycles. The van der Waals surface area contributed by atoms with E-state index in [0.717, 1.165) is 17.6 Å². The van der Waals surface area contributed by atoms with Gasteiger partial charge in [-0.15, -0.1) is 0 Å². The van der Waals surface area contributed by atoms with Crippen LogP contribution in [0.1, 0.15) is 26.7 Å². The van der Waals surface area contributed by atoms with Crippen LogP contribution in [-0.4, -0.2) is 70.1 Å². The normalized spacial score (nSPS) is 37.6. The van der Waals surface area contributed by atoms with Crippen molar-refractivity contribution in [2.75, 3.05) is 13.2 Å². The molecule has 0 bridgehead atoms. The Labute approximate surface area is 134 Å². The zero-order chi connectivity index (χ0) is 17.1. The fourth-order valence-corrected chi connectivity index (χ4v) is 2.75. The van der Waals surface area contributed by atoms with Gasteiger partial charge in [-0.3, -0.25) is 4.79 Å². The quantitative estimate of drug-likeness (QED) is 0.511. The summed E-state index contributed by atoms with van der Waals surface area (Å²) in [5, 5.41) is 38.4. The second-order valence-electron chi connectivity index (χ2n) is 6.12. The van der Waals surface area contributed by atoms with Gasteiger partial charge in [-0.1, -0.05) is 5.57 Å². The number of rotatable bonds is 4. The van der Waals surface area contributed by atoms with Crippen molar-refractivity contribution >= 4 is 5.78 Å². The van der Waals surface area contributed by atoms with E-state index in [0.29, 0.717) is 12.0 Å². The molecule has 2 aliphatic rings. The lowest BCUT2D eigenvalue weighted by Crippen LogP contribution is -2.59. The van der Waals surface area contributed by atoms with Crippen LogP contribution in [0.3, 0.4) is 0 Å². The first-order valence-electron chi connectivity index (χ1n) is 7.67. The van der Waals surface area contributed by atoms with E-state index in [9.17, 15) is 20.1 Å². The number of hydrogen-bond donors (Lipinski definition) is 4. The molecular formula is C16H24O7. The van der Waals surface area contributed by atoms with Crippen molar-refractivity contribution in [2.45, 2.75) is 57.4 Å². The Morgan fingerprint density at radius 2 is 1.96 bits per heavy atom. The molecule has 5 atom stereocenters. The molecule has 0 aromatic rings. The third-order valence-electron chi connectivity index (χ3n) is 4.27. The van der Waals surface area contributed by atoms with E-state index >= 15 is 0 Å². The van der Waals surface area contributed by atoms with Gasteiger partial charge in [0.25, 0.3) is 0 Å². The minimum absolute atomic E-state index is 0.0383. The van der Waals surface area contributed by atoms with Crippen molar-refractivity contribution in [3.63, 3.8) is 0 Å². The maximum atomic E-state index is 12.0. The molecule has 1 aliphatic carbocycles. The van der Waals surface area contributed by atoms with Gasteiger partial charge in [-0.05, 0) is 38.3 Å². The van der Waals surface area contributed by atoms with Gasteiger partial charge in [0.1, 0.15) is 24.4 Å². The highest BCUT2D eigenvalue weighted by Gasteiger charge is 2.44. The summed E-state index contributed by atoms with van der Waals surface area (Å²) in [6.07, 6.45) is -3.44. The van der Waals surface area contributed by atoms with Crippen LogP contribution in [-0.2, 0) is 14.3 Å². The number of ketones is 1. The lowest BCUT2D eigenvalue weighted by atomic mass is 9.91. The second-order valence-corrected chi connectivity index (χ2v) is 6.12. The van der Waals surface area contributed by atoms with E-state index in [1.807, 2.05) is 6.92 Å². The van der Waals surface area contributed by atoms with Gasteiger partial charge in [0.05, 0.1) is 13.2 Å². The zero-order valence-electron chi connectivity index (χ0n) is 13.3. The average molecular weight is 328 g/mol. The third kappa shape index (κ3) is 4.06. The number of carbonyl (C=O) groups is 1. The lowest BCUT2D eigenvalue weighted by molar-refractivity contribution is -0.299. The highest BCUT2D eigenvalue weighted by atomic mass is 16.7. The molecule has 0 spiro atoms. The summed E-state index contributed by atoms with van der Waals surface area (Å²) < 4.78 is 10.7. The first-order valence-corrected chi connectivity index (χ1v) is 7.67. The van der Waals surface area contributed by atoms with Crippen LogP contribution in [0.5, 0.6) is 0 Å². The van der Waals surface area contributed by atoms with Gasteiger partial charge in [-0.25, -0.2) is 0 Å². The van der Waals surface area contributed by atoms with Crippen LogP contribution in [0.2, 0.25) is 0 Å². The van der Waals surface area contributed by atoms with E-state index in [-0.39, 0.29) is 12.4 Å². The molecule has 130 valence electrons. The van der Waals surface area contributed by atoms with Crippen LogP contribution >= 0.6 is 0 Å². The van der Waals surface area contributed by atoms with Crippen molar-refractivity contribution in [1.82, 2.24) is 0 Å². The van der Waals surface area contributed by atoms with Crippen LogP contribution in [0.4, 0.5) is 0 Å². The predicted molar refractivity (Wildman–Crippen MR) is 80.4 cm³/mol. The van der Waals surface area contributed by atoms with Gasteiger partial charge in [-0.2, -0.15) is 0 Å². The largest absolute Gasteiger partial charge is 0.394 e. The summed E-state index contributed by atoms with van der Waals surface area (Å²) >= 11 is 0. The molecule has 23 heavy (non-hydrogen) atoms. The Hall–Kier alpha value is -1.09. The van der Waals surface area contributed by atoms with Crippen molar-refractivity contribution < 1.29 is 34.7 Å². The van der Waals surface area contributed by atoms with E-state index in [1.54, 1.807) is 13.0 Å². The molecule has 0 amide bonds. The number of aliphatic hydroxyl groups excluding tert-OH is 4. The van der Waals surface area contributed by atoms with E-state index in [1.165, 1.54) is 0 Å². The highest BCUT2D eigenvalue weighted by molar-refractivity contribution is 6.05. The van der Waals surface area contributed by atoms with Crippen LogP contribution in [0.25, 0.3) is 0 Å². The van der Waals surface area contributed by atoms with Crippen molar-refractivity contribution in [3.05, 3.63) is 22.8 Å². The third-order valence-corrected chi connectivity index (χ3v) is 4.27. The summed E-state index contributed by atoms with van der Waals surface area (Å²) in [5.74, 6) is -0.0383. The number of ether oxygens (including phenoxy) is 2. The smallest absolute Gasteiger partial charge is 0.187 e. The maximum Gasteiger partial charge on any atom is 0.187 e. The van der Waals surface area contributed by atoms with Gasteiger partial charge < -0.3 is 29.9 Å². The van der Waals surface area contributed by atoms with Crippen LogP contribution in [0, 0.1) is 0 Å². The summed E-state index contributed by atoms with van der Waals surface area (Å²) in [7, 11) is 0. The fraction of sp³-hybridized carbons (Fsp3) is 0.688. The molecule has 4 N–H and O–H groups in total. The van der Waals surface area contributed by atoms with Crippen LogP contribution < -0.4 is 0 Å². The van der Waals surface area contributed by atoms with Crippen molar-refractivity contribution in [3.8, 4) is 0 Å². The standard InChI is InChI=1S/C16H24O7/c1-8-3-4-10(11(18)5-8)9(2)7-22-16-15(21)14(20)13(19)12(6-17)23-16/h5,12-17,19-21H,3-4,6-7H2,1-2H3/b10-9+/t12-,13-,14+,15-,16-/m1/s1. The maximum absolute atomic E-state index is 12.0. The fourth-order valence-electron chi connectivity index (χ4n) is 2.75. The van der Waals surface area contributed by atoms with Gasteiger partial charge in [0, 0.05) is 5.57 Å². The second kappa shape index (κ2) is 7.65. The number of carbonyl (C=O) groups excluding carboxylic acids is 1. The van der Waals surface area contributed by atoms with Crippen molar-refractivity contribution in [1.29, 1.82) is 0 Å². The number of allylic oxidation sites excluding steroid dienone is 3. The highest BCUT2D eigenvalue weighted by Crippen LogP contribution is 2.25. The van der Waals surface area contributed by atoms with Gasteiger partial charge in [0.2, 0.25) is 0 Å². The van der Waals surface area contributed by atoms with E-state index in [4.69, 9.17) is 14.6 Å². The molecule has 7 heteroatoms. The predicted octanol–water partition coefficient (Wildman–Crippen LogP) is -0.571. The zero-order valence-corrected chi connectivity index (χ0v) is 13.3. The first kappa shape index (κ1) is 18.3. The molecule has 1 fully saturated rings. The Bertz CT molecular complexity index is 509. The Kier molecular flexibility index (Phi) is 6.07. The SMILES string of the molecule is CC1=CC(=O)/C(=C(\C)CO[C@@H]2O[C@H](CO)[C@@H](O)[C@H](O)[C@H]2O)CC1. The summed E-state index contributed by atoms with van der Waals surface area (Å²) in [6.45, 7) is 3.23. The molecule has 0 aromatic heterocycles. The molecule has 0 radical (unpaired) electrons. The van der Waals surface area contributed by atoms with Gasteiger partial charge in [0.15, 0.2) is 12.1 Å². The molecule has 0 saturated carbocycles. The Morgan fingerprint density at radius 3 is 2.57 bits per heavy atom. The molecule has 0 aromatic carbocycles. The Morgan fingerprint density at radius 1 is 1.26 bits per heavy atom. The minimum atomic E-state index is -1.47. The van der Waals surface area contributed by atoms with Crippen LogP contribution in [0.15, 0.2) is 22.8 Å². The summed E-state index contributed by atoms with van der Waals surface area (Å²) in [6, 6.07) is 0. The lowest BCUT2D eigenvalue weighted by Gasteiger charge is -2.39. The molecule has 1 heterocycles. The topological polar surface area (TPSA) is 116 Å². The van der Waals surface area contributed by atoms with Gasteiger partial charge >= 0.3 is 0 Å². The summed E-state index contributed by atoms with van der Waals surface area (Å²) in [4.78, 5) is 12.0. The monoisotopic (exact) mass is 328 g/mol. The number of hydrogen-bond acceptors (Lipinski definition) is 7. The van der Waals surface area contributed by atoms with Crippen molar-refractivity contribution in [2.24, 2.45) is 0 Å². The molecule has 7 nitrogen and oxygen atoms in total. The van der Waals surface area contributed by atoms with E-state index in [2.05, 4.69) is 0 Å². The number of aliphatic hydroxyl groups is 4. The Balaban J connectivity index is 2.01.